The molecule has 22 rings (SSSR count). The van der Waals surface area contributed by atoms with Gasteiger partial charge in [-0.25, -0.2) is 0 Å². The topological polar surface area (TPSA) is 25.4 Å². The highest BCUT2D eigenvalue weighted by Gasteiger charge is 2.49. The molecule has 15 aromatic carbocycles. The zero-order chi connectivity index (χ0) is 66.0. The molecule has 101 heavy (non-hydrogen) atoms. The van der Waals surface area contributed by atoms with E-state index in [2.05, 4.69) is 358 Å². The smallest absolute Gasteiger partial charge is 0.256 e. The van der Waals surface area contributed by atoms with Gasteiger partial charge in [-0.2, -0.15) is 0 Å². The van der Waals surface area contributed by atoms with Crippen LogP contribution in [-0.4, -0.2) is 13.4 Å². The van der Waals surface area contributed by atoms with Gasteiger partial charge in [0.25, 0.3) is 13.4 Å². The van der Waals surface area contributed by atoms with Crippen molar-refractivity contribution in [1.82, 2.24) is 0 Å². The van der Waals surface area contributed by atoms with Gasteiger partial charge in [0.15, 0.2) is 0 Å². The molecule has 18 aromatic rings. The molecule has 11 heteroatoms. The zero-order valence-corrected chi connectivity index (χ0v) is 56.7. The van der Waals surface area contributed by atoms with Gasteiger partial charge in [-0.3, -0.25) is 0 Å². The lowest BCUT2D eigenvalue weighted by Crippen LogP contribution is -2.64. The Balaban J connectivity index is 0.867. The molecule has 6 nitrogen and oxygen atoms in total. The van der Waals surface area contributed by atoms with Crippen molar-refractivity contribution in [3.8, 4) is 11.5 Å². The fourth-order valence-electron chi connectivity index (χ4n) is 17.1. The molecule has 0 amide bonds. The van der Waals surface area contributed by atoms with Crippen LogP contribution in [0.2, 0.25) is 0 Å². The Morgan fingerprint density at radius 2 is 0.703 bits per heavy atom. The lowest BCUT2D eigenvalue weighted by molar-refractivity contribution is 0.487. The van der Waals surface area contributed by atoms with Crippen molar-refractivity contribution in [1.29, 1.82) is 0 Å². The summed E-state index contributed by atoms with van der Waals surface area (Å²) in [7, 11) is 0. The van der Waals surface area contributed by atoms with E-state index < -0.39 is 0 Å². The molecule has 4 aliphatic heterocycles. The molecule has 0 spiro atoms. The molecule has 0 radical (unpaired) electrons. The summed E-state index contributed by atoms with van der Waals surface area (Å²) >= 11 is 5.58. The van der Waals surface area contributed by atoms with Crippen LogP contribution in [0.3, 0.4) is 0 Å². The molecule has 0 atom stereocenters. The Hall–Kier alpha value is -12.1. The average molecular weight is 1340 g/mol. The highest BCUT2D eigenvalue weighted by molar-refractivity contribution is 7.27. The van der Waals surface area contributed by atoms with Gasteiger partial charge in [0.05, 0.1) is 33.1 Å². The van der Waals surface area contributed by atoms with Gasteiger partial charge in [0, 0.05) is 119 Å². The zero-order valence-electron chi connectivity index (χ0n) is 54.3. The van der Waals surface area contributed by atoms with Crippen LogP contribution < -0.4 is 62.0 Å². The summed E-state index contributed by atoms with van der Waals surface area (Å²) in [4.78, 5) is 12.8. The van der Waals surface area contributed by atoms with E-state index >= 15 is 0 Å². The highest BCUT2D eigenvalue weighted by atomic mass is 32.1. The van der Waals surface area contributed by atoms with Crippen LogP contribution in [0.1, 0.15) is 0 Å². The molecule has 0 bridgehead atoms. The van der Waals surface area contributed by atoms with E-state index in [1.165, 1.54) is 82.4 Å². The Kier molecular flexibility index (Phi) is 12.5. The molecule has 470 valence electrons. The van der Waals surface area contributed by atoms with Crippen LogP contribution in [-0.2, 0) is 0 Å². The summed E-state index contributed by atoms with van der Waals surface area (Å²) in [5.74, 6) is 1.69. The van der Waals surface area contributed by atoms with Crippen molar-refractivity contribution in [3.63, 3.8) is 0 Å². The molecule has 0 fully saturated rings. The molecule has 3 aromatic heterocycles. The van der Waals surface area contributed by atoms with Crippen molar-refractivity contribution in [3.05, 3.63) is 334 Å². The number of rotatable bonds is 9. The maximum atomic E-state index is 7.55. The van der Waals surface area contributed by atoms with E-state index in [1.807, 2.05) is 34.0 Å². The predicted molar refractivity (Wildman–Crippen MR) is 434 cm³/mol. The number of fused-ring (bicyclic) bond motifs is 17. The largest absolute Gasteiger partial charge is 0.458 e. The third-order valence-electron chi connectivity index (χ3n) is 21.2. The van der Waals surface area contributed by atoms with Gasteiger partial charge >= 0.3 is 0 Å². The molecule has 0 unspecified atom stereocenters. The molecule has 7 heterocycles. The Morgan fingerprint density at radius 3 is 1.35 bits per heavy atom. The number of thiophene rings is 3. The number of benzene rings is 15. The second-order valence-corrected chi connectivity index (χ2v) is 29.8. The van der Waals surface area contributed by atoms with Crippen molar-refractivity contribution in [2.45, 2.75) is 0 Å². The van der Waals surface area contributed by atoms with Crippen LogP contribution in [0.5, 0.6) is 11.5 Å². The summed E-state index contributed by atoms with van der Waals surface area (Å²) in [6.07, 6.45) is 0. The third kappa shape index (κ3) is 8.46. The molecule has 4 aliphatic rings. The molecule has 0 saturated heterocycles. The van der Waals surface area contributed by atoms with E-state index in [1.54, 1.807) is 0 Å². The predicted octanol–water partition coefficient (Wildman–Crippen LogP) is 22.2. The number of ether oxygens (including phenoxy) is 1. The third-order valence-corrected chi connectivity index (χ3v) is 24.7. The summed E-state index contributed by atoms with van der Waals surface area (Å²) in [6, 6.07) is 124. The summed E-state index contributed by atoms with van der Waals surface area (Å²) in [5.41, 5.74) is 23.6. The number of hydrogen-bond donors (Lipinski definition) is 0. The molecule has 0 aliphatic carbocycles. The number of anilines is 15. The van der Waals surface area contributed by atoms with Gasteiger partial charge in [-0.1, -0.05) is 194 Å². The van der Waals surface area contributed by atoms with Crippen molar-refractivity contribution in [2.24, 2.45) is 0 Å². The van der Waals surface area contributed by atoms with Gasteiger partial charge in [0.2, 0.25) is 0 Å². The summed E-state index contributed by atoms with van der Waals surface area (Å²) in [6.45, 7) is -0.446. The Labute approximate surface area is 596 Å². The summed E-state index contributed by atoms with van der Waals surface area (Å²) < 4.78 is 15.0. The molecular weight excluding hydrogens is 1280 g/mol. The number of nitrogens with zero attached hydrogens (tertiary/aromatic N) is 5. The first-order valence-electron chi connectivity index (χ1n) is 34.4. The Morgan fingerprint density at radius 1 is 0.257 bits per heavy atom. The standard InChI is InChI=1S/C90H55B2N5OS3/c1-5-26-56(27-6-1)93(57-28-7-2-8-29-57)60-50-76-88-77(51-60)96(71-41-24-48-84-86(71)64-35-14-21-46-82(64)99-84)70-40-18-16-38-66(70)91(88)68-54-69-75(55-74(68)95(76)59-32-11-4-12-33-59)97(72-42-25-49-85-87(72)65-36-15-22-47-83(65)100-85)78-52-61(53-80-89(78)92(69)67-39-17-19-44-79(67)98-80)94(58-30-9-3-10-31-58)73-43-23-37-63-62-34-13-20-45-81(62)101-90(63)73/h1-55H. The van der Waals surface area contributed by atoms with Crippen LogP contribution >= 0.6 is 34.0 Å². The fourth-order valence-corrected chi connectivity index (χ4v) is 20.6. The second-order valence-electron chi connectivity index (χ2n) is 26.6. The van der Waals surface area contributed by atoms with Crippen LogP contribution in [0.25, 0.3) is 60.5 Å². The maximum Gasteiger partial charge on any atom is 0.256 e. The quantitative estimate of drug-likeness (QED) is 0.134. The number of hydrogen-bond acceptors (Lipinski definition) is 9. The van der Waals surface area contributed by atoms with Crippen molar-refractivity contribution in [2.75, 3.05) is 24.5 Å². The van der Waals surface area contributed by atoms with Crippen LogP contribution in [0, 0.1) is 0 Å². The lowest BCUT2D eigenvalue weighted by Gasteiger charge is -2.47. The monoisotopic (exact) mass is 1340 g/mol. The average Bonchev–Trinajstić information content (AvgIpc) is 0.904. The normalized spacial score (nSPS) is 13.1. The van der Waals surface area contributed by atoms with Gasteiger partial charge in [0.1, 0.15) is 11.5 Å². The first kappa shape index (κ1) is 56.9. The molecule has 0 N–H and O–H groups in total. The second kappa shape index (κ2) is 22.2. The minimum Gasteiger partial charge on any atom is -0.458 e. The van der Waals surface area contributed by atoms with Crippen LogP contribution in [0.4, 0.5) is 85.3 Å². The SMILES string of the molecule is c1ccc(N(c2ccccc2)c2cc3c4c(c2)N(c2cccc5sc6ccccc6c25)c2ccccc2B4c2cc4c(cc2N3c2ccccc2)N(c2cccc3sc5ccccc5c23)c2cc(N(c3ccccc3)c3cccc5c3sc3ccccc35)cc3c2B4c2ccccc2O3)cc1. The molecular formula is C90H55B2N5OS3. The van der Waals surface area contributed by atoms with Gasteiger partial charge < -0.3 is 29.2 Å². The van der Waals surface area contributed by atoms with E-state index in [-0.39, 0.29) is 13.4 Å². The Bertz CT molecular complexity index is 6420. The first-order valence-corrected chi connectivity index (χ1v) is 36.9. The first-order chi connectivity index (χ1) is 50.1. The van der Waals surface area contributed by atoms with E-state index in [9.17, 15) is 0 Å². The molecule has 0 saturated carbocycles. The summed E-state index contributed by atoms with van der Waals surface area (Å²) in [5, 5.41) is 7.46. The minimum absolute atomic E-state index is 0.214. The van der Waals surface area contributed by atoms with Crippen molar-refractivity contribution < 1.29 is 4.74 Å². The van der Waals surface area contributed by atoms with Gasteiger partial charge in [-0.15, -0.1) is 34.0 Å². The van der Waals surface area contributed by atoms with Crippen LogP contribution in [0.15, 0.2) is 334 Å². The van der Waals surface area contributed by atoms with E-state index in [0.717, 1.165) is 108 Å². The fraction of sp³-hybridized carbons (Fsp3) is 0. The van der Waals surface area contributed by atoms with E-state index in [4.69, 9.17) is 4.74 Å². The highest BCUT2D eigenvalue weighted by Crippen LogP contribution is 2.55. The maximum absolute atomic E-state index is 7.55. The van der Waals surface area contributed by atoms with E-state index in [0.29, 0.717) is 0 Å². The number of para-hydroxylation sites is 6. The minimum atomic E-state index is -0.233. The van der Waals surface area contributed by atoms with Gasteiger partial charge in [-0.05, 0) is 166 Å². The lowest BCUT2D eigenvalue weighted by atomic mass is 9.30. The van der Waals surface area contributed by atoms with Crippen molar-refractivity contribution >= 4 is 226 Å².